The van der Waals surface area contributed by atoms with E-state index in [4.69, 9.17) is 39.0 Å². The molecule has 0 atom stereocenters. The molecular formula is C2H6Cl3NSi. The summed E-state index contributed by atoms with van der Waals surface area (Å²) in [5.74, 6) is 0. The van der Waals surface area contributed by atoms with Crippen molar-refractivity contribution in [1.29, 1.82) is 0 Å². The molecule has 0 heterocycles. The van der Waals surface area contributed by atoms with Gasteiger partial charge in [-0.2, -0.15) is 0 Å². The van der Waals surface area contributed by atoms with E-state index >= 15 is 0 Å². The zero-order valence-corrected chi connectivity index (χ0v) is 6.89. The fourth-order valence-corrected chi connectivity index (χ4v) is 1.47. The Bertz CT molecular complexity index is 51.4. The molecule has 0 aromatic heterocycles. The van der Waals surface area contributed by atoms with Gasteiger partial charge in [0.1, 0.15) is 0 Å². The SMILES string of the molecule is NCC[Si](Cl)(Cl)Cl. The van der Waals surface area contributed by atoms with Crippen LogP contribution in [-0.2, 0) is 0 Å². The van der Waals surface area contributed by atoms with E-state index in [1.807, 2.05) is 0 Å². The summed E-state index contributed by atoms with van der Waals surface area (Å²) in [6, 6.07) is -1.81. The van der Waals surface area contributed by atoms with Crippen molar-refractivity contribution >= 4 is 39.2 Å². The van der Waals surface area contributed by atoms with E-state index in [0.29, 0.717) is 12.6 Å². The molecule has 44 valence electrons. The highest BCUT2D eigenvalue weighted by Crippen LogP contribution is 2.23. The van der Waals surface area contributed by atoms with Crippen molar-refractivity contribution < 1.29 is 0 Å². The number of halogens is 3. The first-order chi connectivity index (χ1) is 3.06. The molecule has 0 rings (SSSR count). The molecule has 0 bridgehead atoms. The van der Waals surface area contributed by atoms with E-state index in [1.54, 1.807) is 0 Å². The Hall–Kier alpha value is 1.05. The Morgan fingerprint density at radius 1 is 1.29 bits per heavy atom. The molecule has 0 saturated carbocycles. The summed E-state index contributed by atoms with van der Waals surface area (Å²) >= 11 is 16.3. The Morgan fingerprint density at radius 3 is 1.71 bits per heavy atom. The van der Waals surface area contributed by atoms with Gasteiger partial charge >= 0.3 is 6.00 Å². The minimum atomic E-state index is -2.37. The van der Waals surface area contributed by atoms with Crippen molar-refractivity contribution in [3.63, 3.8) is 0 Å². The maximum Gasteiger partial charge on any atom is 0.342 e. The van der Waals surface area contributed by atoms with Gasteiger partial charge in [-0.15, -0.1) is 33.2 Å². The molecule has 0 amide bonds. The van der Waals surface area contributed by atoms with Crippen LogP contribution in [0.4, 0.5) is 0 Å². The number of rotatable bonds is 2. The van der Waals surface area contributed by atoms with Gasteiger partial charge in [0.2, 0.25) is 0 Å². The molecule has 0 aliphatic carbocycles. The highest BCUT2D eigenvalue weighted by atomic mass is 35.8. The van der Waals surface area contributed by atoms with E-state index in [2.05, 4.69) is 0 Å². The van der Waals surface area contributed by atoms with Crippen molar-refractivity contribution in [2.45, 2.75) is 6.04 Å². The first kappa shape index (κ1) is 8.05. The van der Waals surface area contributed by atoms with Crippen LogP contribution >= 0.6 is 33.2 Å². The Labute approximate surface area is 57.9 Å². The molecule has 0 unspecified atom stereocenters. The fourth-order valence-electron chi connectivity index (χ4n) is 0.164. The number of nitrogens with two attached hydrogens (primary N) is 1. The van der Waals surface area contributed by atoms with Gasteiger partial charge in [0.05, 0.1) is 0 Å². The van der Waals surface area contributed by atoms with E-state index in [1.165, 1.54) is 0 Å². The third-order valence-corrected chi connectivity index (χ3v) is 2.98. The molecule has 2 N–H and O–H groups in total. The molecule has 0 aliphatic heterocycles. The van der Waals surface area contributed by atoms with Crippen LogP contribution in [0.2, 0.25) is 6.04 Å². The zero-order chi connectivity index (χ0) is 5.91. The highest BCUT2D eigenvalue weighted by molar-refractivity contribution is 7.64. The topological polar surface area (TPSA) is 26.0 Å². The third-order valence-electron chi connectivity index (χ3n) is 0.428. The second-order valence-corrected chi connectivity index (χ2v) is 10.4. The van der Waals surface area contributed by atoms with Gasteiger partial charge in [0.15, 0.2) is 0 Å². The van der Waals surface area contributed by atoms with E-state index in [-0.39, 0.29) is 0 Å². The Morgan fingerprint density at radius 2 is 1.71 bits per heavy atom. The number of hydrogen-bond donors (Lipinski definition) is 1. The standard InChI is InChI=1S/C2H6Cl3NSi/c3-7(4,5)2-1-6/h1-2,6H2. The van der Waals surface area contributed by atoms with Crippen LogP contribution in [0, 0.1) is 0 Å². The monoisotopic (exact) mass is 177 g/mol. The van der Waals surface area contributed by atoms with Gasteiger partial charge in [-0.25, -0.2) is 0 Å². The van der Waals surface area contributed by atoms with E-state index in [0.717, 1.165) is 0 Å². The maximum atomic E-state index is 5.42. The quantitative estimate of drug-likeness (QED) is 0.505. The molecule has 5 heteroatoms. The molecule has 0 radical (unpaired) electrons. The van der Waals surface area contributed by atoms with Gasteiger partial charge in [0, 0.05) is 0 Å². The average molecular weight is 179 g/mol. The predicted octanol–water partition coefficient (Wildman–Crippen LogP) is 1.60. The fraction of sp³-hybridized carbons (Fsp3) is 1.00. The third kappa shape index (κ3) is 7.05. The lowest BCUT2D eigenvalue weighted by Crippen LogP contribution is -2.15. The van der Waals surface area contributed by atoms with Crippen molar-refractivity contribution in [3.05, 3.63) is 0 Å². The summed E-state index contributed by atoms with van der Waals surface area (Å²) in [4.78, 5) is 0. The van der Waals surface area contributed by atoms with Gasteiger partial charge in [-0.05, 0) is 12.6 Å². The maximum absolute atomic E-state index is 5.42. The Kier molecular flexibility index (Phi) is 3.62. The average Bonchev–Trinajstić information content (AvgIpc) is 1.30. The second-order valence-electron chi connectivity index (χ2n) is 1.15. The molecule has 0 saturated heterocycles. The van der Waals surface area contributed by atoms with E-state index in [9.17, 15) is 0 Å². The smallest absolute Gasteiger partial charge is 0.331 e. The molecule has 0 aromatic carbocycles. The normalized spacial score (nSPS) is 12.0. The Balaban J connectivity index is 3.15. The highest BCUT2D eigenvalue weighted by Gasteiger charge is 2.22. The molecule has 7 heavy (non-hydrogen) atoms. The summed E-state index contributed by atoms with van der Waals surface area (Å²) in [5, 5.41) is 0. The minimum absolute atomic E-state index is 0.475. The van der Waals surface area contributed by atoms with Gasteiger partial charge in [-0.3, -0.25) is 0 Å². The van der Waals surface area contributed by atoms with Gasteiger partial charge < -0.3 is 5.73 Å². The van der Waals surface area contributed by atoms with Crippen LogP contribution in [-0.4, -0.2) is 12.5 Å². The van der Waals surface area contributed by atoms with Gasteiger partial charge in [0.25, 0.3) is 0 Å². The second kappa shape index (κ2) is 3.15. The summed E-state index contributed by atoms with van der Waals surface area (Å²) in [5.41, 5.74) is 5.10. The van der Waals surface area contributed by atoms with Crippen LogP contribution in [0.3, 0.4) is 0 Å². The molecule has 0 spiro atoms. The van der Waals surface area contributed by atoms with E-state index < -0.39 is 6.00 Å². The molecular weight excluding hydrogens is 172 g/mol. The molecule has 0 aromatic rings. The predicted molar refractivity (Wildman–Crippen MR) is 37.2 cm³/mol. The van der Waals surface area contributed by atoms with Crippen LogP contribution in [0.15, 0.2) is 0 Å². The lowest BCUT2D eigenvalue weighted by molar-refractivity contribution is 1.12. The zero-order valence-electron chi connectivity index (χ0n) is 3.63. The molecule has 0 aliphatic rings. The summed E-state index contributed by atoms with van der Waals surface area (Å²) in [7, 11) is 0. The molecule has 0 fully saturated rings. The lowest BCUT2D eigenvalue weighted by atomic mass is 10.8. The van der Waals surface area contributed by atoms with Crippen molar-refractivity contribution in [2.24, 2.45) is 5.73 Å². The first-order valence-electron chi connectivity index (χ1n) is 1.83. The first-order valence-corrected chi connectivity index (χ1v) is 7.07. The largest absolute Gasteiger partial charge is 0.342 e. The summed E-state index contributed by atoms with van der Waals surface area (Å²) < 4.78 is 0. The summed E-state index contributed by atoms with van der Waals surface area (Å²) in [6.07, 6.45) is 0. The van der Waals surface area contributed by atoms with Crippen molar-refractivity contribution in [3.8, 4) is 0 Å². The lowest BCUT2D eigenvalue weighted by Gasteiger charge is -2.01. The van der Waals surface area contributed by atoms with Crippen LogP contribution in [0.5, 0.6) is 0 Å². The minimum Gasteiger partial charge on any atom is -0.331 e. The van der Waals surface area contributed by atoms with Crippen LogP contribution in [0.1, 0.15) is 0 Å². The summed E-state index contributed by atoms with van der Waals surface area (Å²) in [6.45, 7) is 0.475. The van der Waals surface area contributed by atoms with Gasteiger partial charge in [-0.1, -0.05) is 0 Å². The number of hydrogen-bond acceptors (Lipinski definition) is 1. The molecule has 1 nitrogen and oxygen atoms in total. The van der Waals surface area contributed by atoms with Crippen molar-refractivity contribution in [1.82, 2.24) is 0 Å². The van der Waals surface area contributed by atoms with Crippen LogP contribution in [0.25, 0.3) is 0 Å². The van der Waals surface area contributed by atoms with Crippen molar-refractivity contribution in [2.75, 3.05) is 6.54 Å². The van der Waals surface area contributed by atoms with Crippen LogP contribution < -0.4 is 5.73 Å².